The van der Waals surface area contributed by atoms with Crippen LogP contribution in [-0.2, 0) is 9.53 Å². The van der Waals surface area contributed by atoms with Crippen LogP contribution in [0.2, 0.25) is 5.02 Å². The van der Waals surface area contributed by atoms with Crippen LogP contribution in [0.15, 0.2) is 24.3 Å². The summed E-state index contributed by atoms with van der Waals surface area (Å²) in [6.07, 6.45) is 3.68. The fourth-order valence-electron chi connectivity index (χ4n) is 2.15. The van der Waals surface area contributed by atoms with E-state index in [9.17, 15) is 4.79 Å². The van der Waals surface area contributed by atoms with Crippen LogP contribution in [0.3, 0.4) is 0 Å². The molecule has 0 radical (unpaired) electrons. The van der Waals surface area contributed by atoms with Crippen LogP contribution in [0, 0.1) is 0 Å². The summed E-state index contributed by atoms with van der Waals surface area (Å²) < 4.78 is 5.38. The van der Waals surface area contributed by atoms with Crippen molar-refractivity contribution in [3.05, 3.63) is 34.9 Å². The Morgan fingerprint density at radius 2 is 2.37 bits per heavy atom. The normalized spacial score (nSPS) is 18.9. The van der Waals surface area contributed by atoms with E-state index in [0.717, 1.165) is 30.4 Å². The van der Waals surface area contributed by atoms with E-state index in [0.29, 0.717) is 17.7 Å². The molecule has 4 nitrogen and oxygen atoms in total. The molecule has 2 rings (SSSR count). The largest absolute Gasteiger partial charge is 0.478 e. The molecule has 0 aliphatic carbocycles. The van der Waals surface area contributed by atoms with Gasteiger partial charge < -0.3 is 14.7 Å². The lowest BCUT2D eigenvalue weighted by Gasteiger charge is -2.27. The number of carboxylic acids is 1. The molecule has 1 saturated heterocycles. The second-order valence-electron chi connectivity index (χ2n) is 4.50. The third kappa shape index (κ3) is 3.49. The maximum atomic E-state index is 10.6. The van der Waals surface area contributed by atoms with Crippen molar-refractivity contribution in [2.75, 3.05) is 25.2 Å². The summed E-state index contributed by atoms with van der Waals surface area (Å²) in [5, 5.41) is 9.36. The second kappa shape index (κ2) is 6.08. The molecule has 0 aromatic heterocycles. The van der Waals surface area contributed by atoms with Gasteiger partial charge in [0.05, 0.1) is 12.6 Å². The Kier molecular flexibility index (Phi) is 4.45. The monoisotopic (exact) mass is 281 g/mol. The van der Waals surface area contributed by atoms with Crippen molar-refractivity contribution < 1.29 is 14.6 Å². The molecule has 1 aromatic rings. The first-order valence-corrected chi connectivity index (χ1v) is 6.47. The van der Waals surface area contributed by atoms with Crippen molar-refractivity contribution in [2.45, 2.75) is 12.5 Å². The van der Waals surface area contributed by atoms with E-state index in [2.05, 4.69) is 4.90 Å². The molecule has 1 heterocycles. The summed E-state index contributed by atoms with van der Waals surface area (Å²) in [5.41, 5.74) is 1.75. The van der Waals surface area contributed by atoms with Gasteiger partial charge in [0.2, 0.25) is 0 Å². The number of halogens is 1. The Morgan fingerprint density at radius 3 is 3.00 bits per heavy atom. The zero-order valence-corrected chi connectivity index (χ0v) is 11.4. The summed E-state index contributed by atoms with van der Waals surface area (Å²) >= 11 is 6.03. The number of nitrogens with zero attached hydrogens (tertiary/aromatic N) is 1. The number of anilines is 1. The Labute approximate surface area is 117 Å². The number of hydrogen-bond donors (Lipinski definition) is 1. The minimum atomic E-state index is -0.965. The Bertz CT molecular complexity index is 495. The maximum absolute atomic E-state index is 10.6. The number of likely N-dealkylation sites (N-methyl/N-ethyl adjacent to an activating group) is 1. The number of carboxylic acid groups (broad SMARTS) is 1. The van der Waals surface area contributed by atoms with Crippen LogP contribution in [0.5, 0.6) is 0 Å². The van der Waals surface area contributed by atoms with Crippen molar-refractivity contribution in [1.29, 1.82) is 0 Å². The van der Waals surface area contributed by atoms with Gasteiger partial charge in [0.15, 0.2) is 0 Å². The van der Waals surface area contributed by atoms with Crippen LogP contribution < -0.4 is 4.90 Å². The van der Waals surface area contributed by atoms with Crippen molar-refractivity contribution >= 4 is 29.3 Å². The molecule has 19 heavy (non-hydrogen) atoms. The first kappa shape index (κ1) is 13.9. The van der Waals surface area contributed by atoms with Gasteiger partial charge in [-0.3, -0.25) is 0 Å². The van der Waals surface area contributed by atoms with Crippen molar-refractivity contribution in [3.63, 3.8) is 0 Å². The average molecular weight is 282 g/mol. The van der Waals surface area contributed by atoms with Crippen molar-refractivity contribution in [2.24, 2.45) is 0 Å². The fraction of sp³-hybridized carbons (Fsp3) is 0.357. The lowest BCUT2D eigenvalue weighted by molar-refractivity contribution is -0.131. The van der Waals surface area contributed by atoms with Crippen LogP contribution in [0.25, 0.3) is 6.08 Å². The van der Waals surface area contributed by atoms with E-state index in [-0.39, 0.29) is 0 Å². The van der Waals surface area contributed by atoms with Gasteiger partial charge in [-0.2, -0.15) is 0 Å². The Hall–Kier alpha value is -1.52. The highest BCUT2D eigenvalue weighted by Crippen LogP contribution is 2.28. The molecule has 1 N–H and O–H groups in total. The quantitative estimate of drug-likeness (QED) is 0.862. The molecule has 1 atom stereocenters. The van der Waals surface area contributed by atoms with Crippen LogP contribution >= 0.6 is 11.6 Å². The zero-order chi connectivity index (χ0) is 13.8. The number of rotatable bonds is 4. The van der Waals surface area contributed by atoms with E-state index in [1.165, 1.54) is 0 Å². The summed E-state index contributed by atoms with van der Waals surface area (Å²) in [7, 11) is 1.98. The molecule has 0 bridgehead atoms. The molecule has 1 aliphatic heterocycles. The van der Waals surface area contributed by atoms with Gasteiger partial charge in [-0.15, -0.1) is 0 Å². The third-order valence-corrected chi connectivity index (χ3v) is 3.47. The minimum absolute atomic E-state index is 0.301. The molecule has 1 fully saturated rings. The van der Waals surface area contributed by atoms with Crippen molar-refractivity contribution in [1.82, 2.24) is 0 Å². The molecule has 1 aromatic carbocycles. The Morgan fingerprint density at radius 1 is 1.58 bits per heavy atom. The zero-order valence-electron chi connectivity index (χ0n) is 10.7. The summed E-state index contributed by atoms with van der Waals surface area (Å²) in [6, 6.07) is 5.73. The van der Waals surface area contributed by atoms with E-state index >= 15 is 0 Å². The van der Waals surface area contributed by atoms with Crippen LogP contribution in [-0.4, -0.2) is 37.4 Å². The highest BCUT2D eigenvalue weighted by Gasteiger charge is 2.22. The van der Waals surface area contributed by atoms with Gasteiger partial charge in [0.1, 0.15) is 0 Å². The molecule has 0 spiro atoms. The summed E-state index contributed by atoms with van der Waals surface area (Å²) in [6.45, 7) is 1.45. The molecule has 1 aliphatic rings. The molecular weight excluding hydrogens is 266 g/mol. The van der Waals surface area contributed by atoms with E-state index in [4.69, 9.17) is 21.4 Å². The third-order valence-electron chi connectivity index (χ3n) is 3.23. The average Bonchev–Trinajstić information content (AvgIpc) is 2.90. The van der Waals surface area contributed by atoms with Gasteiger partial charge >= 0.3 is 5.97 Å². The predicted molar refractivity (Wildman–Crippen MR) is 75.7 cm³/mol. The van der Waals surface area contributed by atoms with Gasteiger partial charge in [-0.05, 0) is 30.2 Å². The van der Waals surface area contributed by atoms with Crippen molar-refractivity contribution in [3.8, 4) is 0 Å². The highest BCUT2D eigenvalue weighted by molar-refractivity contribution is 6.31. The highest BCUT2D eigenvalue weighted by atomic mass is 35.5. The van der Waals surface area contributed by atoms with E-state index < -0.39 is 5.97 Å². The maximum Gasteiger partial charge on any atom is 0.328 e. The van der Waals surface area contributed by atoms with E-state index in [1.807, 2.05) is 19.2 Å². The standard InChI is InChI=1S/C14H16ClNO3/c1-16(12-6-7-19-9-12)13-8-11(15)4-2-10(13)3-5-14(17)18/h2-5,8,12H,6-7,9H2,1H3,(H,17,18)/b5-3+. The number of hydrogen-bond acceptors (Lipinski definition) is 3. The molecule has 0 amide bonds. The molecule has 102 valence electrons. The topological polar surface area (TPSA) is 49.8 Å². The number of benzene rings is 1. The van der Waals surface area contributed by atoms with Crippen LogP contribution in [0.4, 0.5) is 5.69 Å². The molecule has 0 saturated carbocycles. The first-order valence-electron chi connectivity index (χ1n) is 6.09. The lowest BCUT2D eigenvalue weighted by atomic mass is 10.1. The first-order chi connectivity index (χ1) is 9.08. The smallest absolute Gasteiger partial charge is 0.328 e. The van der Waals surface area contributed by atoms with Crippen LogP contribution in [0.1, 0.15) is 12.0 Å². The summed E-state index contributed by atoms with van der Waals surface area (Å²) in [4.78, 5) is 12.7. The molecule has 5 heteroatoms. The lowest BCUT2D eigenvalue weighted by Crippen LogP contribution is -2.32. The van der Waals surface area contributed by atoms with Gasteiger partial charge in [0.25, 0.3) is 0 Å². The fourth-order valence-corrected chi connectivity index (χ4v) is 2.31. The van der Waals surface area contributed by atoms with Gasteiger partial charge in [-0.1, -0.05) is 17.7 Å². The molecular formula is C14H16ClNO3. The minimum Gasteiger partial charge on any atom is -0.478 e. The van der Waals surface area contributed by atoms with Gasteiger partial charge in [0, 0.05) is 30.4 Å². The summed E-state index contributed by atoms with van der Waals surface area (Å²) in [5.74, 6) is -0.965. The van der Waals surface area contributed by atoms with E-state index in [1.54, 1.807) is 12.1 Å². The number of ether oxygens (including phenoxy) is 1. The predicted octanol–water partition coefficient (Wildman–Crippen LogP) is 2.66. The Balaban J connectivity index is 2.30. The second-order valence-corrected chi connectivity index (χ2v) is 4.94. The SMILES string of the molecule is CN(c1cc(Cl)ccc1/C=C/C(=O)O)C1CCOC1. The number of aliphatic carboxylic acids is 1. The van der Waals surface area contributed by atoms with Gasteiger partial charge in [-0.25, -0.2) is 4.79 Å². The number of carbonyl (C=O) groups is 1. The molecule has 1 unspecified atom stereocenters.